The number of methoxy groups -OCH3 is 2. The van der Waals surface area contributed by atoms with Gasteiger partial charge in [-0.2, -0.15) is 4.98 Å². The molecule has 3 rings (SSSR count). The summed E-state index contributed by atoms with van der Waals surface area (Å²) in [5.74, 6) is -0.856. The largest absolute Gasteiger partial charge is 0.481 e. The molecule has 39 heavy (non-hydrogen) atoms. The molecular weight excluding hydrogens is 520 g/mol. The average molecular weight is 563 g/mol. The number of nitrogens with zero attached hydrogens (tertiary/aromatic N) is 4. The minimum absolute atomic E-state index is 0.196. The van der Waals surface area contributed by atoms with E-state index >= 15 is 0 Å². The lowest BCUT2D eigenvalue weighted by Gasteiger charge is -2.36. The minimum Gasteiger partial charge on any atom is -0.481 e. The highest BCUT2D eigenvalue weighted by Crippen LogP contribution is 2.27. The van der Waals surface area contributed by atoms with E-state index in [2.05, 4.69) is 69.5 Å². The third kappa shape index (κ3) is 14.5. The highest BCUT2D eigenvalue weighted by molar-refractivity contribution is 7.99. The second-order valence-corrected chi connectivity index (χ2v) is 10.7. The Labute approximate surface area is 236 Å². The van der Waals surface area contributed by atoms with Crippen molar-refractivity contribution in [3.63, 3.8) is 0 Å². The Bertz CT molecular complexity index is 1020. The summed E-state index contributed by atoms with van der Waals surface area (Å²) < 4.78 is 9.40. The first-order chi connectivity index (χ1) is 18.5. The van der Waals surface area contributed by atoms with Gasteiger partial charge in [0.05, 0.1) is 7.11 Å². The third-order valence-electron chi connectivity index (χ3n) is 5.49. The normalized spacial score (nSPS) is 13.6. The van der Waals surface area contributed by atoms with E-state index in [9.17, 15) is 9.59 Å². The highest BCUT2D eigenvalue weighted by Gasteiger charge is 2.19. The number of piperazine rings is 1. The van der Waals surface area contributed by atoms with Crippen LogP contribution in [-0.2, 0) is 19.7 Å². The molecule has 2 aromatic rings. The lowest BCUT2D eigenvalue weighted by molar-refractivity contribution is -0.134. The van der Waals surface area contributed by atoms with Crippen LogP contribution in [0.5, 0.6) is 5.88 Å². The molecule has 0 amide bonds. The Morgan fingerprint density at radius 3 is 2.18 bits per heavy atom. The molecule has 2 N–H and O–H groups in total. The first kappa shape index (κ1) is 33.9. The number of benzene rings is 1. The van der Waals surface area contributed by atoms with E-state index in [-0.39, 0.29) is 5.41 Å². The van der Waals surface area contributed by atoms with Gasteiger partial charge in [0.2, 0.25) is 5.88 Å². The van der Waals surface area contributed by atoms with Crippen molar-refractivity contribution in [2.75, 3.05) is 64.7 Å². The Morgan fingerprint density at radius 2 is 1.64 bits per heavy atom. The lowest BCUT2D eigenvalue weighted by atomic mass is 9.87. The lowest BCUT2D eigenvalue weighted by Crippen LogP contribution is -2.46. The zero-order valence-electron chi connectivity index (χ0n) is 23.8. The van der Waals surface area contributed by atoms with Gasteiger partial charge in [0.1, 0.15) is 0 Å². The van der Waals surface area contributed by atoms with Crippen molar-refractivity contribution in [3.8, 4) is 5.88 Å². The average Bonchev–Trinajstić information content (AvgIpc) is 2.91. The number of aliphatic carboxylic acids is 2. The highest BCUT2D eigenvalue weighted by atomic mass is 32.2. The monoisotopic (exact) mass is 562 g/mol. The predicted molar refractivity (Wildman–Crippen MR) is 155 cm³/mol. The van der Waals surface area contributed by atoms with Crippen LogP contribution in [-0.4, -0.2) is 96.8 Å². The maximum Gasteiger partial charge on any atom is 0.328 e. The van der Waals surface area contributed by atoms with E-state index in [0.717, 1.165) is 50.1 Å². The molecule has 1 aromatic heterocycles. The smallest absolute Gasteiger partial charge is 0.328 e. The number of thioether (sulfide) groups is 1. The second-order valence-electron chi connectivity index (χ2n) is 9.63. The Hall–Kier alpha value is -3.15. The molecule has 2 heterocycles. The van der Waals surface area contributed by atoms with Crippen LogP contribution < -0.4 is 9.64 Å². The van der Waals surface area contributed by atoms with Crippen LogP contribution in [0.15, 0.2) is 53.8 Å². The molecule has 0 unspecified atom stereocenters. The van der Waals surface area contributed by atoms with E-state index in [4.69, 9.17) is 14.9 Å². The van der Waals surface area contributed by atoms with Gasteiger partial charge in [0, 0.05) is 76.3 Å². The van der Waals surface area contributed by atoms with E-state index in [0.29, 0.717) is 18.0 Å². The molecule has 1 aliphatic heterocycles. The molecule has 0 bridgehead atoms. The second kappa shape index (κ2) is 18.2. The number of hydrogen-bond acceptors (Lipinski definition) is 9. The number of rotatable bonds is 9. The van der Waals surface area contributed by atoms with E-state index in [1.807, 2.05) is 0 Å². The first-order valence-electron chi connectivity index (χ1n) is 12.6. The number of ether oxygens (including phenoxy) is 2. The van der Waals surface area contributed by atoms with E-state index in [1.165, 1.54) is 11.3 Å². The van der Waals surface area contributed by atoms with Crippen LogP contribution in [0.25, 0.3) is 0 Å². The standard InChI is InChI=1S/C22H32N4OS.C4H4O4.C2H6O/c1-22(2,3)18-7-5-8-19(17-18)26-14-12-25(13-15-26)11-6-16-28-21-23-10-9-20(24-21)27-4;5-3(6)1-2-4(7)8;1-3-2/h5,7-10,17H,6,11-16H2,1-4H3;1-2H,(H,5,6)(H,7,8);1-2H3/b;2-1+;. The summed E-state index contributed by atoms with van der Waals surface area (Å²) in [5.41, 5.74) is 2.96. The van der Waals surface area contributed by atoms with Crippen LogP contribution in [0.2, 0.25) is 0 Å². The molecule has 1 saturated heterocycles. The van der Waals surface area contributed by atoms with E-state index in [1.54, 1.807) is 45.4 Å². The van der Waals surface area contributed by atoms with Crippen molar-refractivity contribution in [1.29, 1.82) is 0 Å². The fraction of sp³-hybridized carbons (Fsp3) is 0.500. The van der Waals surface area contributed by atoms with Crippen molar-refractivity contribution in [1.82, 2.24) is 14.9 Å². The molecule has 0 atom stereocenters. The molecule has 0 saturated carbocycles. The molecule has 11 heteroatoms. The number of hydrogen-bond donors (Lipinski definition) is 2. The molecule has 216 valence electrons. The van der Waals surface area contributed by atoms with Crippen molar-refractivity contribution in [2.24, 2.45) is 0 Å². The van der Waals surface area contributed by atoms with Crippen LogP contribution in [0, 0.1) is 0 Å². The molecule has 0 spiro atoms. The Balaban J connectivity index is 0.000000587. The number of anilines is 1. The summed E-state index contributed by atoms with van der Waals surface area (Å²) in [6.07, 6.45) is 4.01. The summed E-state index contributed by atoms with van der Waals surface area (Å²) in [6, 6.07) is 10.8. The van der Waals surface area contributed by atoms with Crippen molar-refractivity contribution >= 4 is 29.4 Å². The van der Waals surface area contributed by atoms with Gasteiger partial charge in [-0.25, -0.2) is 14.6 Å². The molecule has 1 aliphatic rings. The van der Waals surface area contributed by atoms with Crippen LogP contribution in [0.1, 0.15) is 32.8 Å². The Morgan fingerprint density at radius 1 is 1.03 bits per heavy atom. The summed E-state index contributed by atoms with van der Waals surface area (Å²) in [6.45, 7) is 12.4. The van der Waals surface area contributed by atoms with Crippen molar-refractivity contribution in [3.05, 3.63) is 54.2 Å². The SMILES string of the molecule is COC.COc1ccnc(SCCCN2CCN(c3cccc(C(C)(C)C)c3)CC2)n1.O=C(O)/C=C/C(=O)O. The Kier molecular flexibility index (Phi) is 15.8. The first-order valence-corrected chi connectivity index (χ1v) is 13.6. The summed E-state index contributed by atoms with van der Waals surface area (Å²) in [7, 11) is 4.88. The van der Waals surface area contributed by atoms with Crippen molar-refractivity contribution < 1.29 is 29.3 Å². The van der Waals surface area contributed by atoms with Gasteiger partial charge in [0.25, 0.3) is 0 Å². The molecule has 0 radical (unpaired) electrons. The zero-order chi connectivity index (χ0) is 29.3. The predicted octanol–water partition coefficient (Wildman–Crippen LogP) is 4.06. The molecular formula is C28H42N4O6S. The van der Waals surface area contributed by atoms with Gasteiger partial charge < -0.3 is 24.6 Å². The fourth-order valence-corrected chi connectivity index (χ4v) is 4.25. The topological polar surface area (TPSA) is 125 Å². The van der Waals surface area contributed by atoms with Gasteiger partial charge in [0.15, 0.2) is 5.16 Å². The van der Waals surface area contributed by atoms with Crippen LogP contribution in [0.4, 0.5) is 5.69 Å². The van der Waals surface area contributed by atoms with Gasteiger partial charge >= 0.3 is 11.9 Å². The quantitative estimate of drug-likeness (QED) is 0.199. The zero-order valence-corrected chi connectivity index (χ0v) is 24.6. The number of carboxylic acid groups (broad SMARTS) is 2. The molecule has 1 aromatic carbocycles. The maximum absolute atomic E-state index is 9.55. The van der Waals surface area contributed by atoms with E-state index < -0.39 is 11.9 Å². The van der Waals surface area contributed by atoms with Gasteiger partial charge in [-0.1, -0.05) is 44.7 Å². The van der Waals surface area contributed by atoms with Gasteiger partial charge in [-0.05, 0) is 36.1 Å². The number of carboxylic acids is 2. The fourth-order valence-electron chi connectivity index (χ4n) is 3.50. The number of aromatic nitrogens is 2. The van der Waals surface area contributed by atoms with Gasteiger partial charge in [-0.15, -0.1) is 0 Å². The van der Waals surface area contributed by atoms with Gasteiger partial charge in [-0.3, -0.25) is 4.90 Å². The molecule has 10 nitrogen and oxygen atoms in total. The third-order valence-corrected chi connectivity index (χ3v) is 6.43. The molecule has 0 aliphatic carbocycles. The van der Waals surface area contributed by atoms with Crippen molar-refractivity contribution in [2.45, 2.75) is 37.8 Å². The summed E-state index contributed by atoms with van der Waals surface area (Å²) in [4.78, 5) is 32.8. The summed E-state index contributed by atoms with van der Waals surface area (Å²) >= 11 is 1.70. The molecule has 1 fully saturated rings. The number of carbonyl (C=O) groups is 2. The van der Waals surface area contributed by atoms with Crippen LogP contribution in [0.3, 0.4) is 0 Å². The summed E-state index contributed by atoms with van der Waals surface area (Å²) in [5, 5.41) is 16.4. The van der Waals surface area contributed by atoms with Crippen LogP contribution >= 0.6 is 11.8 Å². The maximum atomic E-state index is 9.55. The minimum atomic E-state index is -1.26.